The van der Waals surface area contributed by atoms with Crippen LogP contribution in [0.1, 0.15) is 0 Å². The molecule has 11 heteroatoms. The largest absolute Gasteiger partial charge is 0.379 e. The number of hydrogen-bond donors (Lipinski definition) is 2. The Morgan fingerprint density at radius 1 is 1.07 bits per heavy atom. The summed E-state index contributed by atoms with van der Waals surface area (Å²) in [5.41, 5.74) is 0.401. The molecule has 1 aliphatic rings. The number of hydrogen-bond acceptors (Lipinski definition) is 4. The maximum atomic E-state index is 13.9. The van der Waals surface area contributed by atoms with E-state index in [0.29, 0.717) is 13.2 Å². The number of anilines is 2. The first-order chi connectivity index (χ1) is 13.3. The lowest BCUT2D eigenvalue weighted by Gasteiger charge is -2.26. The van der Waals surface area contributed by atoms with Gasteiger partial charge in [0.05, 0.1) is 34.5 Å². The van der Waals surface area contributed by atoms with Crippen molar-refractivity contribution in [3.8, 4) is 0 Å². The number of benzene rings is 2. The molecular formula is C17H16Cl2FN3O3S2. The van der Waals surface area contributed by atoms with Crippen molar-refractivity contribution in [1.82, 2.24) is 4.31 Å². The lowest BCUT2D eigenvalue weighted by Crippen LogP contribution is -2.40. The Kier molecular flexibility index (Phi) is 6.74. The predicted octanol–water partition coefficient (Wildman–Crippen LogP) is 3.96. The van der Waals surface area contributed by atoms with Crippen molar-refractivity contribution in [2.75, 3.05) is 36.9 Å². The average Bonchev–Trinajstić information content (AvgIpc) is 2.66. The average molecular weight is 464 g/mol. The number of thiocarbonyl (C=S) groups is 1. The van der Waals surface area contributed by atoms with Crippen LogP contribution < -0.4 is 10.6 Å². The number of ether oxygens (including phenoxy) is 1. The van der Waals surface area contributed by atoms with Crippen LogP contribution in [0.5, 0.6) is 0 Å². The predicted molar refractivity (Wildman–Crippen MR) is 112 cm³/mol. The number of nitrogens with one attached hydrogen (secondary N) is 2. The van der Waals surface area contributed by atoms with E-state index >= 15 is 0 Å². The third-order valence-electron chi connectivity index (χ3n) is 3.97. The van der Waals surface area contributed by atoms with E-state index < -0.39 is 15.8 Å². The van der Waals surface area contributed by atoms with Gasteiger partial charge in [-0.15, -0.1) is 0 Å². The molecule has 2 N–H and O–H groups in total. The van der Waals surface area contributed by atoms with Gasteiger partial charge in [-0.1, -0.05) is 23.2 Å². The van der Waals surface area contributed by atoms with Gasteiger partial charge in [0.1, 0.15) is 5.82 Å². The molecule has 28 heavy (non-hydrogen) atoms. The van der Waals surface area contributed by atoms with Crippen molar-refractivity contribution in [3.05, 3.63) is 52.3 Å². The van der Waals surface area contributed by atoms with Gasteiger partial charge in [-0.2, -0.15) is 4.31 Å². The minimum Gasteiger partial charge on any atom is -0.379 e. The number of rotatable bonds is 4. The standard InChI is InChI=1S/C17H16Cl2FN3O3S2/c18-11-1-4-15(14(20)9-11)21-17(27)22-16-10-12(2-3-13(16)19)28(24,25)23-5-7-26-8-6-23/h1-4,9-10H,5-8H2,(H2,21,22,27). The molecule has 0 unspecified atom stereocenters. The Morgan fingerprint density at radius 2 is 1.75 bits per heavy atom. The fraction of sp³-hybridized carbons (Fsp3) is 0.235. The van der Waals surface area contributed by atoms with Crippen LogP contribution in [0.3, 0.4) is 0 Å². The summed E-state index contributed by atoms with van der Waals surface area (Å²) in [5, 5.41) is 6.05. The minimum absolute atomic E-state index is 0.0454. The maximum absolute atomic E-state index is 13.9. The summed E-state index contributed by atoms with van der Waals surface area (Å²) in [6, 6.07) is 8.37. The molecule has 2 aromatic carbocycles. The molecule has 150 valence electrons. The van der Waals surface area contributed by atoms with Gasteiger partial charge in [-0.3, -0.25) is 0 Å². The molecule has 6 nitrogen and oxygen atoms in total. The highest BCUT2D eigenvalue weighted by atomic mass is 35.5. The quantitative estimate of drug-likeness (QED) is 0.668. The number of morpholine rings is 1. The number of halogens is 3. The van der Waals surface area contributed by atoms with Gasteiger partial charge in [0, 0.05) is 18.1 Å². The molecule has 1 saturated heterocycles. The van der Waals surface area contributed by atoms with Crippen LogP contribution in [-0.4, -0.2) is 44.1 Å². The van der Waals surface area contributed by atoms with Gasteiger partial charge in [0.15, 0.2) is 5.11 Å². The van der Waals surface area contributed by atoms with Crippen molar-refractivity contribution in [2.24, 2.45) is 0 Å². The van der Waals surface area contributed by atoms with Gasteiger partial charge in [0.2, 0.25) is 10.0 Å². The molecule has 1 fully saturated rings. The fourth-order valence-corrected chi connectivity index (χ4v) is 4.54. The first kappa shape index (κ1) is 21.2. The Hall–Kier alpha value is -1.49. The number of sulfonamides is 1. The van der Waals surface area contributed by atoms with Crippen LogP contribution in [0.25, 0.3) is 0 Å². The van der Waals surface area contributed by atoms with Crippen LogP contribution >= 0.6 is 35.4 Å². The van der Waals surface area contributed by atoms with E-state index in [0.717, 1.165) is 6.07 Å². The molecule has 3 rings (SSSR count). The summed E-state index contributed by atoms with van der Waals surface area (Å²) in [6.45, 7) is 1.25. The third kappa shape index (κ3) is 4.91. The number of nitrogens with zero attached hydrogens (tertiary/aromatic N) is 1. The van der Waals surface area contributed by atoms with Crippen molar-refractivity contribution in [1.29, 1.82) is 0 Å². The molecule has 0 amide bonds. The molecule has 0 saturated carbocycles. The molecule has 0 aliphatic carbocycles. The molecule has 1 heterocycles. The van der Waals surface area contributed by atoms with Crippen molar-refractivity contribution in [2.45, 2.75) is 4.90 Å². The molecule has 0 bridgehead atoms. The Bertz CT molecular complexity index is 999. The normalized spacial score (nSPS) is 15.2. The second-order valence-electron chi connectivity index (χ2n) is 5.86. The lowest BCUT2D eigenvalue weighted by molar-refractivity contribution is 0.0730. The summed E-state index contributed by atoms with van der Waals surface area (Å²) in [5.74, 6) is -0.577. The molecule has 0 aromatic heterocycles. The Labute approximate surface area is 177 Å². The fourth-order valence-electron chi connectivity index (χ4n) is 2.56. The molecule has 0 spiro atoms. The van der Waals surface area contributed by atoms with Gasteiger partial charge in [-0.25, -0.2) is 12.8 Å². The molecular weight excluding hydrogens is 448 g/mol. The van der Waals surface area contributed by atoms with Gasteiger partial charge in [-0.05, 0) is 48.6 Å². The molecule has 0 atom stereocenters. The summed E-state index contributed by atoms with van der Waals surface area (Å²) in [4.78, 5) is 0.0711. The van der Waals surface area contributed by atoms with E-state index in [9.17, 15) is 12.8 Å². The summed E-state index contributed by atoms with van der Waals surface area (Å²) >= 11 is 17.1. The maximum Gasteiger partial charge on any atom is 0.243 e. The highest BCUT2D eigenvalue weighted by Crippen LogP contribution is 2.28. The van der Waals surface area contributed by atoms with Crippen LogP contribution in [-0.2, 0) is 14.8 Å². The van der Waals surface area contributed by atoms with Crippen LogP contribution in [0, 0.1) is 5.82 Å². The molecule has 1 aliphatic heterocycles. The Balaban J connectivity index is 1.78. The van der Waals surface area contributed by atoms with Crippen molar-refractivity contribution >= 4 is 61.9 Å². The highest BCUT2D eigenvalue weighted by Gasteiger charge is 2.27. The topological polar surface area (TPSA) is 70.7 Å². The Morgan fingerprint density at radius 3 is 2.43 bits per heavy atom. The van der Waals surface area contributed by atoms with E-state index in [2.05, 4.69) is 10.6 Å². The zero-order valence-electron chi connectivity index (χ0n) is 14.4. The van der Waals surface area contributed by atoms with Crippen molar-refractivity contribution in [3.63, 3.8) is 0 Å². The van der Waals surface area contributed by atoms with Crippen LogP contribution in [0.15, 0.2) is 41.3 Å². The highest BCUT2D eigenvalue weighted by molar-refractivity contribution is 7.89. The summed E-state index contributed by atoms with van der Waals surface area (Å²) < 4.78 is 46.0. The van der Waals surface area contributed by atoms with Gasteiger partial charge >= 0.3 is 0 Å². The molecule has 0 radical (unpaired) electrons. The smallest absolute Gasteiger partial charge is 0.243 e. The zero-order valence-corrected chi connectivity index (χ0v) is 17.6. The second-order valence-corrected chi connectivity index (χ2v) is 9.05. The van der Waals surface area contributed by atoms with Crippen LogP contribution in [0.4, 0.5) is 15.8 Å². The lowest BCUT2D eigenvalue weighted by atomic mass is 10.3. The first-order valence-electron chi connectivity index (χ1n) is 8.18. The minimum atomic E-state index is -3.69. The summed E-state index contributed by atoms with van der Waals surface area (Å²) in [7, 11) is -3.69. The third-order valence-corrected chi connectivity index (χ3v) is 6.64. The van der Waals surface area contributed by atoms with E-state index in [1.54, 1.807) is 0 Å². The van der Waals surface area contributed by atoms with E-state index in [-0.39, 0.29) is 44.5 Å². The van der Waals surface area contributed by atoms with E-state index in [4.69, 9.17) is 40.2 Å². The van der Waals surface area contributed by atoms with Gasteiger partial charge < -0.3 is 15.4 Å². The van der Waals surface area contributed by atoms with Gasteiger partial charge in [0.25, 0.3) is 0 Å². The van der Waals surface area contributed by atoms with Crippen molar-refractivity contribution < 1.29 is 17.5 Å². The zero-order chi connectivity index (χ0) is 20.3. The first-order valence-corrected chi connectivity index (χ1v) is 10.8. The second kappa shape index (κ2) is 8.89. The summed E-state index contributed by atoms with van der Waals surface area (Å²) in [6.07, 6.45) is 0. The van der Waals surface area contributed by atoms with E-state index in [1.165, 1.54) is 34.6 Å². The SMILES string of the molecule is O=S(=O)(c1ccc(Cl)c(NC(=S)Nc2ccc(Cl)cc2F)c1)N1CCOCC1. The van der Waals surface area contributed by atoms with Crippen LogP contribution in [0.2, 0.25) is 10.0 Å². The van der Waals surface area contributed by atoms with E-state index in [1.807, 2.05) is 0 Å². The molecule has 2 aromatic rings. The monoisotopic (exact) mass is 463 g/mol.